The van der Waals surface area contributed by atoms with Gasteiger partial charge in [-0.3, -0.25) is 0 Å². The molecule has 2 fully saturated rings. The average molecular weight is 172 g/mol. The van der Waals surface area contributed by atoms with Gasteiger partial charge in [-0.2, -0.15) is 0 Å². The lowest BCUT2D eigenvalue weighted by molar-refractivity contribution is -0.241. The van der Waals surface area contributed by atoms with Gasteiger partial charge in [0.1, 0.15) is 0 Å². The van der Waals surface area contributed by atoms with Crippen LogP contribution in [0, 0.1) is 0 Å². The van der Waals surface area contributed by atoms with Crippen LogP contribution in [0.25, 0.3) is 0 Å². The first-order valence-electron chi connectivity index (χ1n) is 4.84. The molecule has 0 aromatic rings. The van der Waals surface area contributed by atoms with Gasteiger partial charge >= 0.3 is 0 Å². The predicted octanol–water partition coefficient (Wildman–Crippen LogP) is 1.67. The summed E-state index contributed by atoms with van der Waals surface area (Å²) in [6, 6.07) is 0. The molecular weight excluding hydrogens is 156 g/mol. The Labute approximate surface area is 73.0 Å². The van der Waals surface area contributed by atoms with E-state index in [9.17, 15) is 0 Å². The molecule has 2 rings (SSSR count). The first kappa shape index (κ1) is 8.48. The lowest BCUT2D eigenvalue weighted by atomic mass is 10.2. The van der Waals surface area contributed by atoms with Crippen LogP contribution >= 0.6 is 0 Å². The summed E-state index contributed by atoms with van der Waals surface area (Å²) >= 11 is 0. The maximum Gasteiger partial charge on any atom is 0.160 e. The van der Waals surface area contributed by atoms with E-state index in [2.05, 4.69) is 0 Å². The van der Waals surface area contributed by atoms with Gasteiger partial charge in [0.2, 0.25) is 0 Å². The van der Waals surface area contributed by atoms with E-state index in [0.29, 0.717) is 0 Å². The van der Waals surface area contributed by atoms with Crippen LogP contribution in [0.15, 0.2) is 0 Å². The topological polar surface area (TPSA) is 27.7 Å². The van der Waals surface area contributed by atoms with E-state index in [1.807, 2.05) is 0 Å². The second-order valence-electron chi connectivity index (χ2n) is 3.37. The SMILES string of the molecule is C1CC[C@H](O[C@H]2CCCO2)OC1. The van der Waals surface area contributed by atoms with Gasteiger partial charge in [0.05, 0.1) is 0 Å². The molecular formula is C9H16O3. The highest BCUT2D eigenvalue weighted by molar-refractivity contribution is 4.59. The molecule has 0 saturated carbocycles. The number of hydrogen-bond acceptors (Lipinski definition) is 3. The van der Waals surface area contributed by atoms with Crippen LogP contribution in [0.5, 0.6) is 0 Å². The predicted molar refractivity (Wildman–Crippen MR) is 43.7 cm³/mol. The molecule has 0 unspecified atom stereocenters. The van der Waals surface area contributed by atoms with Gasteiger partial charge in [0.25, 0.3) is 0 Å². The molecule has 3 nitrogen and oxygen atoms in total. The monoisotopic (exact) mass is 172 g/mol. The third kappa shape index (κ3) is 2.19. The molecule has 0 aromatic carbocycles. The highest BCUT2D eigenvalue weighted by Crippen LogP contribution is 2.20. The fraction of sp³-hybridized carbons (Fsp3) is 1.00. The number of ether oxygens (including phenoxy) is 3. The van der Waals surface area contributed by atoms with Crippen molar-refractivity contribution in [3.05, 3.63) is 0 Å². The van der Waals surface area contributed by atoms with Crippen molar-refractivity contribution < 1.29 is 14.2 Å². The third-order valence-electron chi connectivity index (χ3n) is 2.33. The smallest absolute Gasteiger partial charge is 0.160 e. The molecule has 70 valence electrons. The lowest BCUT2D eigenvalue weighted by Gasteiger charge is -2.25. The highest BCUT2D eigenvalue weighted by Gasteiger charge is 2.22. The summed E-state index contributed by atoms with van der Waals surface area (Å²) in [5.74, 6) is 0. The summed E-state index contributed by atoms with van der Waals surface area (Å²) in [6.45, 7) is 1.69. The average Bonchev–Trinajstić information content (AvgIpc) is 2.59. The quantitative estimate of drug-likeness (QED) is 0.634. The van der Waals surface area contributed by atoms with Gasteiger partial charge in [-0.05, 0) is 25.7 Å². The van der Waals surface area contributed by atoms with Crippen molar-refractivity contribution in [1.82, 2.24) is 0 Å². The Balaban J connectivity index is 1.69. The molecule has 12 heavy (non-hydrogen) atoms. The molecule has 2 atom stereocenters. The van der Waals surface area contributed by atoms with Gasteiger partial charge in [-0.1, -0.05) is 0 Å². The van der Waals surface area contributed by atoms with Gasteiger partial charge in [-0.25, -0.2) is 0 Å². The van der Waals surface area contributed by atoms with Crippen LogP contribution in [0.3, 0.4) is 0 Å². The zero-order valence-corrected chi connectivity index (χ0v) is 7.33. The molecule has 0 aromatic heterocycles. The third-order valence-corrected chi connectivity index (χ3v) is 2.33. The Morgan fingerprint density at radius 2 is 1.50 bits per heavy atom. The van der Waals surface area contributed by atoms with Crippen molar-refractivity contribution in [1.29, 1.82) is 0 Å². The van der Waals surface area contributed by atoms with Crippen LogP contribution in [0.4, 0.5) is 0 Å². The van der Waals surface area contributed by atoms with Crippen molar-refractivity contribution in [3.8, 4) is 0 Å². The van der Waals surface area contributed by atoms with E-state index in [4.69, 9.17) is 14.2 Å². The second kappa shape index (κ2) is 4.21. The second-order valence-corrected chi connectivity index (χ2v) is 3.37. The summed E-state index contributed by atoms with van der Waals surface area (Å²) in [4.78, 5) is 0. The first-order chi connectivity index (χ1) is 5.95. The number of rotatable bonds is 2. The van der Waals surface area contributed by atoms with Crippen molar-refractivity contribution >= 4 is 0 Å². The maximum atomic E-state index is 5.61. The van der Waals surface area contributed by atoms with Crippen molar-refractivity contribution in [3.63, 3.8) is 0 Å². The molecule has 0 bridgehead atoms. The highest BCUT2D eigenvalue weighted by atomic mass is 16.8. The van der Waals surface area contributed by atoms with Crippen LogP contribution in [0.1, 0.15) is 32.1 Å². The molecule has 0 radical (unpaired) electrons. The van der Waals surface area contributed by atoms with Crippen LogP contribution in [-0.2, 0) is 14.2 Å². The Morgan fingerprint density at radius 1 is 0.833 bits per heavy atom. The molecule has 0 aliphatic carbocycles. The van der Waals surface area contributed by atoms with Crippen molar-refractivity contribution in [2.45, 2.75) is 44.7 Å². The van der Waals surface area contributed by atoms with E-state index in [-0.39, 0.29) is 12.6 Å². The molecule has 2 saturated heterocycles. The van der Waals surface area contributed by atoms with Gasteiger partial charge < -0.3 is 14.2 Å². The van der Waals surface area contributed by atoms with E-state index in [0.717, 1.165) is 32.5 Å². The minimum Gasteiger partial charge on any atom is -0.353 e. The van der Waals surface area contributed by atoms with E-state index < -0.39 is 0 Å². The van der Waals surface area contributed by atoms with Gasteiger partial charge in [-0.15, -0.1) is 0 Å². The van der Waals surface area contributed by atoms with Crippen LogP contribution in [-0.4, -0.2) is 25.8 Å². The summed E-state index contributed by atoms with van der Waals surface area (Å²) < 4.78 is 16.4. The molecule has 0 amide bonds. The van der Waals surface area contributed by atoms with Crippen molar-refractivity contribution in [2.75, 3.05) is 13.2 Å². The minimum absolute atomic E-state index is 0.00171. The Bertz CT molecular complexity index is 126. The fourth-order valence-corrected chi connectivity index (χ4v) is 1.64. The Hall–Kier alpha value is -0.120. The Kier molecular flexibility index (Phi) is 2.98. The zero-order valence-electron chi connectivity index (χ0n) is 7.33. The molecule has 0 spiro atoms. The van der Waals surface area contributed by atoms with Crippen molar-refractivity contribution in [2.24, 2.45) is 0 Å². The van der Waals surface area contributed by atoms with Crippen LogP contribution < -0.4 is 0 Å². The fourth-order valence-electron chi connectivity index (χ4n) is 1.64. The van der Waals surface area contributed by atoms with E-state index in [1.165, 1.54) is 12.8 Å². The largest absolute Gasteiger partial charge is 0.353 e. The Morgan fingerprint density at radius 3 is 2.00 bits per heavy atom. The standard InChI is InChI=1S/C9H16O3/c1-2-6-10-8(4-1)12-9-5-3-7-11-9/h8-9H,1-7H2/t8-,9-/m0/s1. The first-order valence-corrected chi connectivity index (χ1v) is 4.84. The van der Waals surface area contributed by atoms with Crippen LogP contribution in [0.2, 0.25) is 0 Å². The molecule has 0 N–H and O–H groups in total. The van der Waals surface area contributed by atoms with E-state index in [1.54, 1.807) is 0 Å². The van der Waals surface area contributed by atoms with Gasteiger partial charge in [0.15, 0.2) is 12.6 Å². The van der Waals surface area contributed by atoms with E-state index >= 15 is 0 Å². The molecule has 2 aliphatic rings. The molecule has 2 heterocycles. The summed E-state index contributed by atoms with van der Waals surface area (Å²) in [6.07, 6.45) is 5.58. The minimum atomic E-state index is 0.00171. The summed E-state index contributed by atoms with van der Waals surface area (Å²) in [7, 11) is 0. The summed E-state index contributed by atoms with van der Waals surface area (Å²) in [5, 5.41) is 0. The molecule has 2 aliphatic heterocycles. The van der Waals surface area contributed by atoms with Gasteiger partial charge in [0, 0.05) is 19.6 Å². The zero-order chi connectivity index (χ0) is 8.23. The maximum absolute atomic E-state index is 5.61. The molecule has 3 heteroatoms. The summed E-state index contributed by atoms with van der Waals surface area (Å²) in [5.41, 5.74) is 0. The lowest BCUT2D eigenvalue weighted by Crippen LogP contribution is -2.27. The normalized spacial score (nSPS) is 37.0. The number of hydrogen-bond donors (Lipinski definition) is 0.